The Hall–Kier alpha value is -2.53. The van der Waals surface area contributed by atoms with Gasteiger partial charge in [-0.05, 0) is 37.1 Å². The van der Waals surface area contributed by atoms with Crippen molar-refractivity contribution in [3.05, 3.63) is 59.1 Å². The summed E-state index contributed by atoms with van der Waals surface area (Å²) >= 11 is 5.95. The zero-order valence-corrected chi connectivity index (χ0v) is 14.7. The zero-order valence-electron chi connectivity index (χ0n) is 14.0. The highest BCUT2D eigenvalue weighted by molar-refractivity contribution is 6.33. The van der Waals surface area contributed by atoms with Crippen molar-refractivity contribution >= 4 is 29.2 Å². The molecule has 132 valence electrons. The molecule has 0 aliphatic carbocycles. The van der Waals surface area contributed by atoms with E-state index >= 15 is 0 Å². The van der Waals surface area contributed by atoms with Crippen molar-refractivity contribution < 1.29 is 19.1 Å². The van der Waals surface area contributed by atoms with E-state index in [1.807, 2.05) is 31.2 Å². The van der Waals surface area contributed by atoms with Gasteiger partial charge in [0.1, 0.15) is 5.75 Å². The standard InChI is InChI=1S/C19H20ClNO4/c1-2-24-17-10-6-3-7-14(17)11-12-19(23)25-13-18(22)21-16-9-5-4-8-15(16)20/h3-10H,2,11-13H2,1H3,(H,21,22). The molecule has 0 radical (unpaired) electrons. The van der Waals surface area contributed by atoms with Gasteiger partial charge in [-0.1, -0.05) is 41.9 Å². The van der Waals surface area contributed by atoms with Gasteiger partial charge in [0.2, 0.25) is 0 Å². The Labute approximate surface area is 151 Å². The molecule has 0 fully saturated rings. The van der Waals surface area contributed by atoms with Crippen LogP contribution in [0.2, 0.25) is 5.02 Å². The fourth-order valence-electron chi connectivity index (χ4n) is 2.21. The molecule has 1 amide bonds. The monoisotopic (exact) mass is 361 g/mol. The van der Waals surface area contributed by atoms with E-state index in [2.05, 4.69) is 5.32 Å². The number of carbonyl (C=O) groups is 2. The van der Waals surface area contributed by atoms with Gasteiger partial charge >= 0.3 is 5.97 Å². The normalized spacial score (nSPS) is 10.2. The lowest BCUT2D eigenvalue weighted by atomic mass is 10.1. The molecule has 1 N–H and O–H groups in total. The van der Waals surface area contributed by atoms with E-state index < -0.39 is 11.9 Å². The molecule has 0 unspecified atom stereocenters. The topological polar surface area (TPSA) is 64.6 Å². The first kappa shape index (κ1) is 18.8. The van der Waals surface area contributed by atoms with Gasteiger partial charge in [0, 0.05) is 6.42 Å². The highest BCUT2D eigenvalue weighted by Gasteiger charge is 2.11. The summed E-state index contributed by atoms with van der Waals surface area (Å²) < 4.78 is 10.5. The maximum Gasteiger partial charge on any atom is 0.306 e. The number of para-hydroxylation sites is 2. The summed E-state index contributed by atoms with van der Waals surface area (Å²) in [6.07, 6.45) is 0.657. The van der Waals surface area contributed by atoms with Crippen molar-refractivity contribution in [3.63, 3.8) is 0 Å². The van der Waals surface area contributed by atoms with Gasteiger partial charge in [-0.2, -0.15) is 0 Å². The number of benzene rings is 2. The van der Waals surface area contributed by atoms with Crippen molar-refractivity contribution in [2.45, 2.75) is 19.8 Å². The summed E-state index contributed by atoms with van der Waals surface area (Å²) in [7, 11) is 0. The lowest BCUT2D eigenvalue weighted by Crippen LogP contribution is -2.21. The summed E-state index contributed by atoms with van der Waals surface area (Å²) in [5, 5.41) is 3.02. The molecule has 0 saturated heterocycles. The molecule has 0 atom stereocenters. The largest absolute Gasteiger partial charge is 0.494 e. The predicted molar refractivity (Wildman–Crippen MR) is 97.0 cm³/mol. The van der Waals surface area contributed by atoms with E-state index in [1.54, 1.807) is 24.3 Å². The Morgan fingerprint density at radius 1 is 1.08 bits per heavy atom. The molecule has 2 aromatic rings. The van der Waals surface area contributed by atoms with Gasteiger partial charge in [0.25, 0.3) is 5.91 Å². The molecular weight excluding hydrogens is 342 g/mol. The Morgan fingerprint density at radius 2 is 1.80 bits per heavy atom. The third kappa shape index (κ3) is 6.12. The second-order valence-corrected chi connectivity index (χ2v) is 5.64. The van der Waals surface area contributed by atoms with Crippen LogP contribution in [0.25, 0.3) is 0 Å². The number of nitrogens with one attached hydrogen (secondary N) is 1. The first-order chi connectivity index (χ1) is 12.1. The van der Waals surface area contributed by atoms with Gasteiger partial charge in [0.15, 0.2) is 6.61 Å². The second kappa shape index (κ2) is 9.69. The number of carbonyl (C=O) groups excluding carboxylic acids is 2. The number of esters is 1. The van der Waals surface area contributed by atoms with E-state index in [-0.39, 0.29) is 13.0 Å². The van der Waals surface area contributed by atoms with Crippen LogP contribution in [0.4, 0.5) is 5.69 Å². The lowest BCUT2D eigenvalue weighted by molar-refractivity contribution is -0.147. The van der Waals surface area contributed by atoms with Crippen LogP contribution in [0.1, 0.15) is 18.9 Å². The predicted octanol–water partition coefficient (Wildman–Crippen LogP) is 3.85. The van der Waals surface area contributed by atoms with Gasteiger partial charge in [-0.25, -0.2) is 0 Å². The van der Waals surface area contributed by atoms with Crippen molar-refractivity contribution in [2.24, 2.45) is 0 Å². The number of ether oxygens (including phenoxy) is 2. The van der Waals surface area contributed by atoms with Crippen LogP contribution < -0.4 is 10.1 Å². The summed E-state index contributed by atoms with van der Waals surface area (Å²) in [5.74, 6) is -0.119. The molecular formula is C19H20ClNO4. The van der Waals surface area contributed by atoms with Crippen molar-refractivity contribution in [1.29, 1.82) is 0 Å². The number of hydrogen-bond donors (Lipinski definition) is 1. The highest BCUT2D eigenvalue weighted by atomic mass is 35.5. The molecule has 0 bridgehead atoms. The average molecular weight is 362 g/mol. The van der Waals surface area contributed by atoms with Crippen LogP contribution in [0.5, 0.6) is 5.75 Å². The molecule has 0 aliphatic rings. The summed E-state index contributed by atoms with van der Waals surface area (Å²) in [4.78, 5) is 23.7. The second-order valence-electron chi connectivity index (χ2n) is 5.23. The average Bonchev–Trinajstić information content (AvgIpc) is 2.61. The third-order valence-electron chi connectivity index (χ3n) is 3.38. The Morgan fingerprint density at radius 3 is 2.56 bits per heavy atom. The Balaban J connectivity index is 1.77. The first-order valence-corrected chi connectivity index (χ1v) is 8.38. The number of halogens is 1. The van der Waals surface area contributed by atoms with E-state index in [9.17, 15) is 9.59 Å². The molecule has 6 heteroatoms. The fraction of sp³-hybridized carbons (Fsp3) is 0.263. The molecule has 0 aliphatic heterocycles. The van der Waals surface area contributed by atoms with Crippen molar-refractivity contribution in [3.8, 4) is 5.75 Å². The Kier molecular flexibility index (Phi) is 7.29. The molecule has 0 saturated carbocycles. The molecule has 0 spiro atoms. The SMILES string of the molecule is CCOc1ccccc1CCC(=O)OCC(=O)Nc1ccccc1Cl. The maximum atomic E-state index is 11.8. The van der Waals surface area contributed by atoms with Crippen molar-refractivity contribution in [1.82, 2.24) is 0 Å². The first-order valence-electron chi connectivity index (χ1n) is 8.01. The van der Waals surface area contributed by atoms with Crippen LogP contribution in [0, 0.1) is 0 Å². The minimum atomic E-state index is -0.444. The minimum absolute atomic E-state index is 0.170. The van der Waals surface area contributed by atoms with Gasteiger partial charge < -0.3 is 14.8 Å². The molecule has 5 nitrogen and oxygen atoms in total. The highest BCUT2D eigenvalue weighted by Crippen LogP contribution is 2.21. The molecule has 25 heavy (non-hydrogen) atoms. The van der Waals surface area contributed by atoms with Crippen LogP contribution in [-0.2, 0) is 20.7 Å². The number of hydrogen-bond acceptors (Lipinski definition) is 4. The van der Waals surface area contributed by atoms with Crippen LogP contribution in [-0.4, -0.2) is 25.1 Å². The van der Waals surface area contributed by atoms with E-state index in [4.69, 9.17) is 21.1 Å². The van der Waals surface area contributed by atoms with E-state index in [0.29, 0.717) is 23.7 Å². The van der Waals surface area contributed by atoms with E-state index in [1.165, 1.54) is 0 Å². The fourth-order valence-corrected chi connectivity index (χ4v) is 2.39. The van der Waals surface area contributed by atoms with Gasteiger partial charge in [-0.15, -0.1) is 0 Å². The van der Waals surface area contributed by atoms with Gasteiger partial charge in [-0.3, -0.25) is 9.59 Å². The molecule has 0 aromatic heterocycles. The smallest absolute Gasteiger partial charge is 0.306 e. The van der Waals surface area contributed by atoms with E-state index in [0.717, 1.165) is 11.3 Å². The third-order valence-corrected chi connectivity index (χ3v) is 3.71. The van der Waals surface area contributed by atoms with Crippen LogP contribution in [0.15, 0.2) is 48.5 Å². The summed E-state index contributed by atoms with van der Waals surface area (Å²) in [6, 6.07) is 14.4. The van der Waals surface area contributed by atoms with Crippen LogP contribution in [0.3, 0.4) is 0 Å². The maximum absolute atomic E-state index is 11.8. The molecule has 0 heterocycles. The number of aryl methyl sites for hydroxylation is 1. The van der Waals surface area contributed by atoms with Crippen molar-refractivity contribution in [2.75, 3.05) is 18.5 Å². The summed E-state index contributed by atoms with van der Waals surface area (Å²) in [6.45, 7) is 2.11. The quantitative estimate of drug-likeness (QED) is 0.725. The summed E-state index contributed by atoms with van der Waals surface area (Å²) in [5.41, 5.74) is 1.41. The van der Waals surface area contributed by atoms with Crippen LogP contribution >= 0.6 is 11.6 Å². The zero-order chi connectivity index (χ0) is 18.1. The van der Waals surface area contributed by atoms with Gasteiger partial charge in [0.05, 0.1) is 17.3 Å². The molecule has 2 aromatic carbocycles. The Bertz CT molecular complexity index is 733. The molecule has 2 rings (SSSR count). The number of rotatable bonds is 8. The number of amides is 1. The number of anilines is 1. The lowest BCUT2D eigenvalue weighted by Gasteiger charge is -2.10. The minimum Gasteiger partial charge on any atom is -0.494 e.